The third-order valence-electron chi connectivity index (χ3n) is 1.73. The molecule has 0 saturated heterocycles. The summed E-state index contributed by atoms with van der Waals surface area (Å²) < 4.78 is 0. The van der Waals surface area contributed by atoms with Crippen LogP contribution in [0, 0.1) is 12.3 Å². The van der Waals surface area contributed by atoms with Gasteiger partial charge in [-0.2, -0.15) is 0 Å². The van der Waals surface area contributed by atoms with Gasteiger partial charge in [0.1, 0.15) is 0 Å². The molecule has 2 N–H and O–H groups in total. The Morgan fingerprint density at radius 3 is 2.73 bits per heavy atom. The highest BCUT2D eigenvalue weighted by molar-refractivity contribution is 5.78. The van der Waals surface area contributed by atoms with E-state index in [1.165, 1.54) is 0 Å². The molecule has 0 aromatic heterocycles. The zero-order valence-corrected chi connectivity index (χ0v) is 8.82. The van der Waals surface area contributed by atoms with E-state index in [1.54, 1.807) is 11.9 Å². The fraction of sp³-hybridized carbons (Fsp3) is 0.600. The summed E-state index contributed by atoms with van der Waals surface area (Å²) in [5.74, 6) is 1.34. The largest absolute Gasteiger partial charge is 0.481 e. The van der Waals surface area contributed by atoms with Crippen molar-refractivity contribution in [2.45, 2.75) is 12.8 Å². The molecule has 0 spiro atoms. The predicted octanol–water partition coefficient (Wildman–Crippen LogP) is -0.468. The topological polar surface area (TPSA) is 69.6 Å². The number of rotatable bonds is 7. The Kier molecular flexibility index (Phi) is 7.02. The molecule has 5 nitrogen and oxygen atoms in total. The number of carbonyl (C=O) groups excluding carboxylic acids is 1. The zero-order valence-electron chi connectivity index (χ0n) is 8.82. The van der Waals surface area contributed by atoms with E-state index in [2.05, 4.69) is 11.2 Å². The first-order valence-corrected chi connectivity index (χ1v) is 4.66. The second-order valence-corrected chi connectivity index (χ2v) is 3.22. The van der Waals surface area contributed by atoms with Crippen LogP contribution in [0.15, 0.2) is 0 Å². The smallest absolute Gasteiger partial charge is 0.303 e. The van der Waals surface area contributed by atoms with E-state index in [1.807, 2.05) is 0 Å². The summed E-state index contributed by atoms with van der Waals surface area (Å²) in [6, 6.07) is 0. The molecule has 84 valence electrons. The Hall–Kier alpha value is -1.54. The normalized spacial score (nSPS) is 9.67. The second kappa shape index (κ2) is 7.83. The van der Waals surface area contributed by atoms with Gasteiger partial charge in [0, 0.05) is 6.42 Å². The summed E-state index contributed by atoms with van der Waals surface area (Å²) in [5.41, 5.74) is 0. The highest BCUT2D eigenvalue weighted by atomic mass is 16.4. The molecule has 15 heavy (non-hydrogen) atoms. The molecule has 0 bridgehead atoms. The van der Waals surface area contributed by atoms with E-state index < -0.39 is 5.97 Å². The van der Waals surface area contributed by atoms with E-state index in [-0.39, 0.29) is 25.4 Å². The van der Waals surface area contributed by atoms with Crippen LogP contribution in [-0.4, -0.2) is 48.6 Å². The Morgan fingerprint density at radius 1 is 1.53 bits per heavy atom. The highest BCUT2D eigenvalue weighted by Gasteiger charge is 2.05. The number of nitrogens with zero attached hydrogens (tertiary/aromatic N) is 1. The Balaban J connectivity index is 3.56. The SMILES string of the molecule is C#CCNC(=O)CN(C)CCCC(=O)O. The lowest BCUT2D eigenvalue weighted by molar-refractivity contribution is -0.137. The minimum atomic E-state index is -0.819. The average molecular weight is 212 g/mol. The van der Waals surface area contributed by atoms with Crippen LogP contribution in [0.1, 0.15) is 12.8 Å². The van der Waals surface area contributed by atoms with E-state index in [0.29, 0.717) is 13.0 Å². The molecule has 0 aliphatic rings. The second-order valence-electron chi connectivity index (χ2n) is 3.22. The Labute approximate surface area is 89.4 Å². The first-order chi connectivity index (χ1) is 7.06. The number of amides is 1. The molecule has 0 aromatic rings. The lowest BCUT2D eigenvalue weighted by Gasteiger charge is -2.14. The van der Waals surface area contributed by atoms with Crippen LogP contribution in [0.25, 0.3) is 0 Å². The van der Waals surface area contributed by atoms with Gasteiger partial charge < -0.3 is 10.4 Å². The van der Waals surface area contributed by atoms with Crippen molar-refractivity contribution in [3.63, 3.8) is 0 Å². The molecular weight excluding hydrogens is 196 g/mol. The van der Waals surface area contributed by atoms with Gasteiger partial charge in [0.2, 0.25) is 5.91 Å². The van der Waals surface area contributed by atoms with Gasteiger partial charge in [0.25, 0.3) is 0 Å². The van der Waals surface area contributed by atoms with Gasteiger partial charge in [-0.15, -0.1) is 6.42 Å². The highest BCUT2D eigenvalue weighted by Crippen LogP contribution is 1.92. The van der Waals surface area contributed by atoms with Gasteiger partial charge in [0.05, 0.1) is 13.1 Å². The number of nitrogens with one attached hydrogen (secondary N) is 1. The van der Waals surface area contributed by atoms with Crippen molar-refractivity contribution in [1.82, 2.24) is 10.2 Å². The molecule has 0 aliphatic carbocycles. The number of hydrogen-bond acceptors (Lipinski definition) is 3. The maximum Gasteiger partial charge on any atom is 0.303 e. The molecule has 0 atom stereocenters. The van der Waals surface area contributed by atoms with Crippen LogP contribution in [0.4, 0.5) is 0 Å². The number of hydrogen-bond donors (Lipinski definition) is 2. The van der Waals surface area contributed by atoms with Crippen LogP contribution in [0.2, 0.25) is 0 Å². The van der Waals surface area contributed by atoms with Crippen molar-refractivity contribution in [1.29, 1.82) is 0 Å². The van der Waals surface area contributed by atoms with Crippen LogP contribution < -0.4 is 5.32 Å². The lowest BCUT2D eigenvalue weighted by Crippen LogP contribution is -2.35. The molecule has 0 radical (unpaired) electrons. The predicted molar refractivity (Wildman–Crippen MR) is 56.2 cm³/mol. The van der Waals surface area contributed by atoms with Crippen molar-refractivity contribution in [2.75, 3.05) is 26.7 Å². The van der Waals surface area contributed by atoms with Crippen molar-refractivity contribution in [2.24, 2.45) is 0 Å². The molecule has 0 fully saturated rings. The summed E-state index contributed by atoms with van der Waals surface area (Å²) in [7, 11) is 1.76. The Morgan fingerprint density at radius 2 is 2.20 bits per heavy atom. The third kappa shape index (κ3) is 8.78. The molecule has 0 saturated carbocycles. The number of terminal acetylenes is 1. The monoisotopic (exact) mass is 212 g/mol. The standard InChI is InChI=1S/C10H16N2O3/c1-3-6-11-9(13)8-12(2)7-4-5-10(14)15/h1H,4-8H2,2H3,(H,11,13)(H,14,15). The molecule has 0 rings (SSSR count). The number of likely N-dealkylation sites (N-methyl/N-ethyl adjacent to an activating group) is 1. The van der Waals surface area contributed by atoms with Gasteiger partial charge in [-0.05, 0) is 20.0 Å². The van der Waals surface area contributed by atoms with E-state index in [4.69, 9.17) is 11.5 Å². The van der Waals surface area contributed by atoms with Gasteiger partial charge in [0.15, 0.2) is 0 Å². The maximum atomic E-state index is 11.1. The molecule has 0 aromatic carbocycles. The van der Waals surface area contributed by atoms with Gasteiger partial charge in [-0.3, -0.25) is 14.5 Å². The molecule has 5 heteroatoms. The fourth-order valence-electron chi connectivity index (χ4n) is 1.03. The molecule has 0 heterocycles. The Bertz CT molecular complexity index is 258. The van der Waals surface area contributed by atoms with E-state index in [0.717, 1.165) is 0 Å². The van der Waals surface area contributed by atoms with Crippen LogP contribution in [0.5, 0.6) is 0 Å². The fourth-order valence-corrected chi connectivity index (χ4v) is 1.03. The minimum absolute atomic E-state index is 0.121. The van der Waals surface area contributed by atoms with Crippen molar-refractivity contribution < 1.29 is 14.7 Å². The zero-order chi connectivity index (χ0) is 11.7. The maximum absolute atomic E-state index is 11.1. The van der Waals surface area contributed by atoms with Gasteiger partial charge >= 0.3 is 5.97 Å². The van der Waals surface area contributed by atoms with E-state index >= 15 is 0 Å². The summed E-state index contributed by atoms with van der Waals surface area (Å²) >= 11 is 0. The number of carboxylic acid groups (broad SMARTS) is 1. The minimum Gasteiger partial charge on any atom is -0.481 e. The van der Waals surface area contributed by atoms with Crippen LogP contribution in [0.3, 0.4) is 0 Å². The quantitative estimate of drug-likeness (QED) is 0.560. The van der Waals surface area contributed by atoms with Crippen LogP contribution >= 0.6 is 0 Å². The molecule has 1 amide bonds. The first kappa shape index (κ1) is 13.5. The summed E-state index contributed by atoms with van der Waals surface area (Å²) in [4.78, 5) is 23.1. The summed E-state index contributed by atoms with van der Waals surface area (Å²) in [5, 5.41) is 10.9. The molecular formula is C10H16N2O3. The van der Waals surface area contributed by atoms with Crippen molar-refractivity contribution in [3.8, 4) is 12.3 Å². The van der Waals surface area contributed by atoms with E-state index in [9.17, 15) is 9.59 Å². The van der Waals surface area contributed by atoms with Gasteiger partial charge in [-0.25, -0.2) is 0 Å². The van der Waals surface area contributed by atoms with Crippen LogP contribution in [-0.2, 0) is 9.59 Å². The third-order valence-corrected chi connectivity index (χ3v) is 1.73. The molecule has 0 unspecified atom stereocenters. The first-order valence-electron chi connectivity index (χ1n) is 4.66. The van der Waals surface area contributed by atoms with Crippen molar-refractivity contribution in [3.05, 3.63) is 0 Å². The number of carbonyl (C=O) groups is 2. The molecule has 0 aliphatic heterocycles. The number of carboxylic acids is 1. The van der Waals surface area contributed by atoms with Gasteiger partial charge in [-0.1, -0.05) is 5.92 Å². The summed E-state index contributed by atoms with van der Waals surface area (Å²) in [6.07, 6.45) is 5.63. The lowest BCUT2D eigenvalue weighted by atomic mass is 10.3. The number of aliphatic carboxylic acids is 1. The average Bonchev–Trinajstić information content (AvgIpc) is 2.14. The summed E-state index contributed by atoms with van der Waals surface area (Å²) in [6.45, 7) is 1.04. The van der Waals surface area contributed by atoms with Crippen molar-refractivity contribution >= 4 is 11.9 Å².